The molecule has 34 heavy (non-hydrogen) atoms. The fraction of sp³-hybridized carbons (Fsp3) is 0.333. The van der Waals surface area contributed by atoms with Crippen LogP contribution >= 0.6 is 24.8 Å². The number of anilines is 1. The van der Waals surface area contributed by atoms with Crippen LogP contribution < -0.4 is 10.6 Å². The lowest BCUT2D eigenvalue weighted by atomic mass is 9.98. The van der Waals surface area contributed by atoms with Gasteiger partial charge in [0, 0.05) is 66.0 Å². The summed E-state index contributed by atoms with van der Waals surface area (Å²) in [6.45, 7) is 0. The largest absolute Gasteiger partial charge is 0.351 e. The minimum Gasteiger partial charge on any atom is -0.351 e. The van der Waals surface area contributed by atoms with Gasteiger partial charge in [-0.15, -0.1) is 24.8 Å². The van der Waals surface area contributed by atoms with Crippen LogP contribution in [0.25, 0.3) is 27.8 Å². The number of nitrogens with two attached hydrogens (primary N) is 1. The summed E-state index contributed by atoms with van der Waals surface area (Å²) >= 11 is 0. The highest BCUT2D eigenvalue weighted by Gasteiger charge is 2.40. The van der Waals surface area contributed by atoms with Crippen molar-refractivity contribution in [2.24, 2.45) is 12.8 Å². The number of rotatable bonds is 3. The maximum atomic E-state index is 9.64. The maximum absolute atomic E-state index is 9.64. The fourth-order valence-corrected chi connectivity index (χ4v) is 5.44. The third-order valence-corrected chi connectivity index (χ3v) is 6.86. The molecule has 2 aliphatic rings. The summed E-state index contributed by atoms with van der Waals surface area (Å²) in [6, 6.07) is 9.85. The Morgan fingerprint density at radius 1 is 0.971 bits per heavy atom. The normalized spacial score (nSPS) is 21.1. The molecule has 2 N–H and O–H groups in total. The predicted molar refractivity (Wildman–Crippen MR) is 136 cm³/mol. The molecule has 4 aromatic rings. The third kappa shape index (κ3) is 3.90. The van der Waals surface area contributed by atoms with Crippen LogP contribution in [0.4, 0.5) is 5.82 Å². The van der Waals surface area contributed by atoms with Crippen molar-refractivity contribution in [1.82, 2.24) is 24.4 Å². The van der Waals surface area contributed by atoms with E-state index < -0.39 is 0 Å². The highest BCUT2D eigenvalue weighted by molar-refractivity contribution is 5.87. The van der Waals surface area contributed by atoms with Crippen molar-refractivity contribution in [3.05, 3.63) is 54.7 Å². The van der Waals surface area contributed by atoms with E-state index in [1.165, 1.54) is 12.8 Å². The van der Waals surface area contributed by atoms with Crippen molar-refractivity contribution >= 4 is 36.1 Å². The van der Waals surface area contributed by atoms with Crippen LogP contribution in [0.15, 0.2) is 49.2 Å². The highest BCUT2D eigenvalue weighted by Crippen LogP contribution is 2.39. The Morgan fingerprint density at radius 3 is 2.35 bits per heavy atom. The molecular formula is C24H26Cl2N8. The summed E-state index contributed by atoms with van der Waals surface area (Å²) in [5.41, 5.74) is 11.5. The average molecular weight is 497 g/mol. The number of hydrogen-bond donors (Lipinski definition) is 1. The van der Waals surface area contributed by atoms with Gasteiger partial charge in [-0.2, -0.15) is 15.5 Å². The van der Waals surface area contributed by atoms with Gasteiger partial charge in [-0.05, 0) is 43.9 Å². The molecule has 0 amide bonds. The number of aryl methyl sites for hydroxylation is 1. The summed E-state index contributed by atoms with van der Waals surface area (Å²) in [6.07, 6.45) is 13.7. The van der Waals surface area contributed by atoms with E-state index in [1.54, 1.807) is 15.4 Å². The number of aromatic nitrogens is 5. The molecule has 4 aromatic heterocycles. The Balaban J connectivity index is 0.00000137. The minimum absolute atomic E-state index is 0. The number of nitrogens with zero attached hydrogens (tertiary/aromatic N) is 7. The fourth-order valence-electron chi connectivity index (χ4n) is 5.44. The Kier molecular flexibility index (Phi) is 6.54. The number of hydrogen-bond acceptors (Lipinski definition) is 6. The molecule has 6 heterocycles. The first kappa shape index (κ1) is 24.0. The lowest BCUT2D eigenvalue weighted by molar-refractivity contribution is 0.412. The summed E-state index contributed by atoms with van der Waals surface area (Å²) in [5, 5.41) is 18.4. The average Bonchev–Trinajstić information content (AvgIpc) is 3.49. The zero-order valence-corrected chi connectivity index (χ0v) is 20.3. The SMILES string of the molecule is Cl.Cl.Cn1cc(-c2cc(-c3ccc(N4[C@@H]5CC[C@H]4C[C@@H](N)C5)nc3)c3c(C#N)cnn3c2)cn1. The molecule has 2 fully saturated rings. The van der Waals surface area contributed by atoms with Crippen molar-refractivity contribution < 1.29 is 0 Å². The van der Waals surface area contributed by atoms with E-state index in [1.807, 2.05) is 31.8 Å². The number of piperidine rings is 1. The van der Waals surface area contributed by atoms with Crippen molar-refractivity contribution in [3.63, 3.8) is 0 Å². The Bertz CT molecular complexity index is 1340. The van der Waals surface area contributed by atoms with Crippen molar-refractivity contribution in [3.8, 4) is 28.3 Å². The summed E-state index contributed by atoms with van der Waals surface area (Å²) < 4.78 is 3.55. The quantitative estimate of drug-likeness (QED) is 0.460. The predicted octanol–water partition coefficient (Wildman–Crippen LogP) is 3.97. The standard InChI is InChI=1S/C24H24N8.2ClH/c1-30-13-18(12-28-30)16-6-22(24-17(9-25)11-29-31(24)14-16)15-2-5-23(27-10-15)32-20-3-4-21(32)8-19(26)7-20;;/h2,5-6,10-14,19-21H,3-4,7-8,26H2,1H3;2*1H/t19-,20+,21-;;. The molecular weight excluding hydrogens is 471 g/mol. The first-order valence-electron chi connectivity index (χ1n) is 11.0. The van der Waals surface area contributed by atoms with Gasteiger partial charge in [0.25, 0.3) is 0 Å². The van der Waals surface area contributed by atoms with Gasteiger partial charge in [-0.3, -0.25) is 4.68 Å². The summed E-state index contributed by atoms with van der Waals surface area (Å²) in [5.74, 6) is 1.02. The van der Waals surface area contributed by atoms with E-state index in [4.69, 9.17) is 10.7 Å². The van der Waals surface area contributed by atoms with Crippen LogP contribution in [-0.4, -0.2) is 42.5 Å². The summed E-state index contributed by atoms with van der Waals surface area (Å²) in [7, 11) is 1.90. The second-order valence-corrected chi connectivity index (χ2v) is 8.94. The summed E-state index contributed by atoms with van der Waals surface area (Å²) in [4.78, 5) is 7.32. The van der Waals surface area contributed by atoms with E-state index in [9.17, 15) is 5.26 Å². The lowest BCUT2D eigenvalue weighted by Crippen LogP contribution is -2.47. The second kappa shape index (κ2) is 9.26. The van der Waals surface area contributed by atoms with Crippen LogP contribution in [0.2, 0.25) is 0 Å². The topological polar surface area (TPSA) is 101 Å². The monoisotopic (exact) mass is 496 g/mol. The van der Waals surface area contributed by atoms with Crippen molar-refractivity contribution in [2.45, 2.75) is 43.8 Å². The molecule has 2 bridgehead atoms. The van der Waals surface area contributed by atoms with Crippen LogP contribution in [0.1, 0.15) is 31.2 Å². The second-order valence-electron chi connectivity index (χ2n) is 8.94. The zero-order valence-electron chi connectivity index (χ0n) is 18.7. The molecule has 0 spiro atoms. The molecule has 10 heteroatoms. The number of nitriles is 1. The third-order valence-electron chi connectivity index (χ3n) is 6.86. The Labute approximate surface area is 210 Å². The van der Waals surface area contributed by atoms with Gasteiger partial charge in [-0.1, -0.05) is 0 Å². The van der Waals surface area contributed by atoms with Crippen molar-refractivity contribution in [1.29, 1.82) is 5.26 Å². The smallest absolute Gasteiger partial charge is 0.129 e. The zero-order chi connectivity index (χ0) is 21.8. The van der Waals surface area contributed by atoms with Gasteiger partial charge >= 0.3 is 0 Å². The van der Waals surface area contributed by atoms with Gasteiger partial charge in [0.05, 0.1) is 23.5 Å². The van der Waals surface area contributed by atoms with E-state index in [0.29, 0.717) is 23.7 Å². The van der Waals surface area contributed by atoms with Crippen LogP contribution in [0.5, 0.6) is 0 Å². The lowest BCUT2D eigenvalue weighted by Gasteiger charge is -2.38. The Morgan fingerprint density at radius 2 is 1.74 bits per heavy atom. The number of fused-ring (bicyclic) bond motifs is 3. The van der Waals surface area contributed by atoms with Gasteiger partial charge in [0.1, 0.15) is 11.9 Å². The molecule has 0 saturated carbocycles. The molecule has 176 valence electrons. The van der Waals surface area contributed by atoms with E-state index in [-0.39, 0.29) is 24.8 Å². The molecule has 0 unspecified atom stereocenters. The molecule has 6 rings (SSSR count). The van der Waals surface area contributed by atoms with Gasteiger partial charge < -0.3 is 10.6 Å². The number of halogens is 2. The molecule has 0 aromatic carbocycles. The molecule has 3 atom stereocenters. The molecule has 8 nitrogen and oxygen atoms in total. The first-order valence-corrected chi connectivity index (χ1v) is 11.0. The van der Waals surface area contributed by atoms with Gasteiger partial charge in [0.15, 0.2) is 0 Å². The Hall–Kier alpha value is -3.12. The van der Waals surface area contributed by atoms with Crippen LogP contribution in [0, 0.1) is 11.3 Å². The number of pyridine rings is 2. The van der Waals surface area contributed by atoms with Gasteiger partial charge in [-0.25, -0.2) is 9.50 Å². The van der Waals surface area contributed by atoms with E-state index in [2.05, 4.69) is 39.4 Å². The van der Waals surface area contributed by atoms with E-state index >= 15 is 0 Å². The molecule has 2 saturated heterocycles. The van der Waals surface area contributed by atoms with Crippen molar-refractivity contribution in [2.75, 3.05) is 4.90 Å². The minimum atomic E-state index is 0. The first-order chi connectivity index (χ1) is 15.6. The molecule has 2 aliphatic heterocycles. The maximum Gasteiger partial charge on any atom is 0.129 e. The molecule has 0 aliphatic carbocycles. The van der Waals surface area contributed by atoms with Gasteiger partial charge in [0.2, 0.25) is 0 Å². The molecule has 0 radical (unpaired) electrons. The van der Waals surface area contributed by atoms with Crippen LogP contribution in [-0.2, 0) is 7.05 Å². The van der Waals surface area contributed by atoms with E-state index in [0.717, 1.165) is 46.4 Å². The highest BCUT2D eigenvalue weighted by atomic mass is 35.5. The van der Waals surface area contributed by atoms with Crippen LogP contribution in [0.3, 0.4) is 0 Å².